The van der Waals surface area contributed by atoms with Gasteiger partial charge in [0.15, 0.2) is 5.82 Å². The molecule has 0 atom stereocenters. The normalized spacial score (nSPS) is 11.7. The number of hydrogen-bond acceptors (Lipinski definition) is 3. The van der Waals surface area contributed by atoms with Gasteiger partial charge in [-0.3, -0.25) is 9.82 Å². The van der Waals surface area contributed by atoms with Crippen molar-refractivity contribution in [3.05, 3.63) is 53.6 Å². The molecule has 7 heteroatoms. The lowest BCUT2D eigenvalue weighted by atomic mass is 10.2. The number of nitrogens with zero attached hydrogens (tertiary/aromatic N) is 1. The van der Waals surface area contributed by atoms with Gasteiger partial charge in [0.05, 0.1) is 10.4 Å². The van der Waals surface area contributed by atoms with Crippen LogP contribution in [0.15, 0.2) is 53.4 Å². The number of halogens is 1. The van der Waals surface area contributed by atoms with Crippen LogP contribution >= 0.6 is 11.6 Å². The number of para-hydroxylation sites is 1. The zero-order valence-electron chi connectivity index (χ0n) is 10.2. The second-order valence-corrected chi connectivity index (χ2v) is 6.30. The topological polar surface area (TPSA) is 74.8 Å². The van der Waals surface area contributed by atoms with Gasteiger partial charge in [0.2, 0.25) is 0 Å². The van der Waals surface area contributed by atoms with E-state index < -0.39 is 10.0 Å². The van der Waals surface area contributed by atoms with Gasteiger partial charge in [0.1, 0.15) is 0 Å². The van der Waals surface area contributed by atoms with Gasteiger partial charge in [-0.25, -0.2) is 8.42 Å². The van der Waals surface area contributed by atoms with E-state index in [-0.39, 0.29) is 10.7 Å². The highest BCUT2D eigenvalue weighted by atomic mass is 35.5. The maximum Gasteiger partial charge on any atom is 0.263 e. The van der Waals surface area contributed by atoms with Crippen molar-refractivity contribution in [1.82, 2.24) is 10.2 Å². The second kappa shape index (κ2) is 4.81. The van der Waals surface area contributed by atoms with E-state index in [4.69, 9.17) is 11.6 Å². The van der Waals surface area contributed by atoms with Crippen molar-refractivity contribution in [2.45, 2.75) is 4.90 Å². The summed E-state index contributed by atoms with van der Waals surface area (Å²) in [5.41, 5.74) is 0.760. The van der Waals surface area contributed by atoms with Crippen molar-refractivity contribution in [2.24, 2.45) is 0 Å². The Bertz CT molecular complexity index is 874. The van der Waals surface area contributed by atoms with Crippen LogP contribution < -0.4 is 4.72 Å². The van der Waals surface area contributed by atoms with Crippen LogP contribution in [0.3, 0.4) is 0 Å². The van der Waals surface area contributed by atoms with Gasteiger partial charge < -0.3 is 0 Å². The van der Waals surface area contributed by atoms with Crippen LogP contribution in [-0.2, 0) is 10.0 Å². The molecule has 0 fully saturated rings. The van der Waals surface area contributed by atoms with Crippen LogP contribution in [0.4, 0.5) is 5.82 Å². The van der Waals surface area contributed by atoms with Crippen molar-refractivity contribution >= 4 is 38.3 Å². The summed E-state index contributed by atoms with van der Waals surface area (Å²) >= 11 is 5.81. The lowest BCUT2D eigenvalue weighted by Gasteiger charge is -2.06. The van der Waals surface area contributed by atoms with Crippen LogP contribution in [0, 0.1) is 0 Å². The van der Waals surface area contributed by atoms with Crippen LogP contribution in [0.5, 0.6) is 0 Å². The van der Waals surface area contributed by atoms with Gasteiger partial charge in [-0.15, -0.1) is 0 Å². The van der Waals surface area contributed by atoms with Crippen LogP contribution in [0.1, 0.15) is 0 Å². The van der Waals surface area contributed by atoms with E-state index in [0.29, 0.717) is 10.4 Å². The number of rotatable bonds is 3. The molecule has 0 aliphatic rings. The molecule has 0 aliphatic heterocycles. The monoisotopic (exact) mass is 307 g/mol. The molecule has 0 saturated heterocycles. The molecule has 0 saturated carbocycles. The van der Waals surface area contributed by atoms with Gasteiger partial charge >= 0.3 is 0 Å². The number of benzene rings is 2. The summed E-state index contributed by atoms with van der Waals surface area (Å²) in [6, 6.07) is 13.3. The number of sulfonamides is 1. The summed E-state index contributed by atoms with van der Waals surface area (Å²) in [4.78, 5) is 0.0945. The molecular formula is C13H10ClN3O2S. The number of aromatic amines is 1. The molecular weight excluding hydrogens is 298 g/mol. The van der Waals surface area contributed by atoms with E-state index in [1.165, 1.54) is 12.1 Å². The Morgan fingerprint density at radius 3 is 2.70 bits per heavy atom. The highest BCUT2D eigenvalue weighted by Crippen LogP contribution is 2.23. The van der Waals surface area contributed by atoms with Gasteiger partial charge in [0, 0.05) is 10.4 Å². The van der Waals surface area contributed by atoms with Gasteiger partial charge in [-0.05, 0) is 30.3 Å². The van der Waals surface area contributed by atoms with E-state index in [1.54, 1.807) is 18.2 Å². The number of fused-ring (bicyclic) bond motifs is 1. The minimum absolute atomic E-state index is 0.0945. The lowest BCUT2D eigenvalue weighted by Crippen LogP contribution is -2.13. The molecule has 2 N–H and O–H groups in total. The molecule has 0 spiro atoms. The Morgan fingerprint density at radius 2 is 1.90 bits per heavy atom. The van der Waals surface area contributed by atoms with Crippen molar-refractivity contribution in [2.75, 3.05) is 4.72 Å². The smallest absolute Gasteiger partial charge is 0.263 e. The predicted octanol–water partition coefficient (Wildman–Crippen LogP) is 3.02. The first kappa shape index (κ1) is 13.0. The van der Waals surface area contributed by atoms with Crippen LogP contribution in [0.25, 0.3) is 10.9 Å². The Labute approximate surface area is 120 Å². The zero-order valence-corrected chi connectivity index (χ0v) is 11.7. The summed E-state index contributed by atoms with van der Waals surface area (Å²) in [6.07, 6.45) is 0. The number of H-pyrrole nitrogens is 1. The molecule has 0 amide bonds. The minimum Gasteiger partial charge on any atom is -0.276 e. The molecule has 3 rings (SSSR count). The van der Waals surface area contributed by atoms with E-state index in [1.807, 2.05) is 18.2 Å². The fourth-order valence-corrected chi connectivity index (χ4v) is 3.18. The van der Waals surface area contributed by atoms with Crippen molar-refractivity contribution in [1.29, 1.82) is 0 Å². The molecule has 3 aromatic rings. The lowest BCUT2D eigenvalue weighted by molar-refractivity contribution is 0.601. The molecule has 0 unspecified atom stereocenters. The largest absolute Gasteiger partial charge is 0.276 e. The van der Waals surface area contributed by atoms with Crippen molar-refractivity contribution in [3.63, 3.8) is 0 Å². The Balaban J connectivity index is 2.02. The van der Waals surface area contributed by atoms with E-state index in [9.17, 15) is 8.42 Å². The minimum atomic E-state index is -3.71. The quantitative estimate of drug-likeness (QED) is 0.781. The summed E-state index contributed by atoms with van der Waals surface area (Å²) in [6.45, 7) is 0. The number of hydrogen-bond donors (Lipinski definition) is 2. The van der Waals surface area contributed by atoms with Gasteiger partial charge in [-0.2, -0.15) is 5.10 Å². The Morgan fingerprint density at radius 1 is 1.10 bits per heavy atom. The van der Waals surface area contributed by atoms with Crippen LogP contribution in [0.2, 0.25) is 5.02 Å². The first-order valence-electron chi connectivity index (χ1n) is 5.78. The average molecular weight is 308 g/mol. The molecule has 0 radical (unpaired) electrons. The fourth-order valence-electron chi connectivity index (χ4n) is 1.86. The van der Waals surface area contributed by atoms with E-state index >= 15 is 0 Å². The maximum absolute atomic E-state index is 12.3. The molecule has 1 heterocycles. The Kier molecular flexibility index (Phi) is 3.11. The predicted molar refractivity (Wildman–Crippen MR) is 78.4 cm³/mol. The molecule has 0 bridgehead atoms. The number of anilines is 1. The van der Waals surface area contributed by atoms with Gasteiger partial charge in [0.25, 0.3) is 10.0 Å². The van der Waals surface area contributed by atoms with Crippen molar-refractivity contribution < 1.29 is 8.42 Å². The third-order valence-electron chi connectivity index (χ3n) is 2.81. The fraction of sp³-hybridized carbons (Fsp3) is 0. The zero-order chi connectivity index (χ0) is 14.2. The first-order valence-corrected chi connectivity index (χ1v) is 7.64. The Hall–Kier alpha value is -2.05. The molecule has 102 valence electrons. The summed E-state index contributed by atoms with van der Waals surface area (Å²) < 4.78 is 27.0. The molecule has 2 aromatic carbocycles. The highest BCUT2D eigenvalue weighted by molar-refractivity contribution is 7.92. The maximum atomic E-state index is 12.3. The highest BCUT2D eigenvalue weighted by Gasteiger charge is 2.17. The first-order chi connectivity index (χ1) is 9.56. The van der Waals surface area contributed by atoms with E-state index in [0.717, 1.165) is 5.52 Å². The third-order valence-corrected chi connectivity index (χ3v) is 4.38. The average Bonchev–Trinajstić information content (AvgIpc) is 2.82. The third kappa shape index (κ3) is 2.35. The molecule has 1 aromatic heterocycles. The summed E-state index contributed by atoms with van der Waals surface area (Å²) in [5, 5.41) is 7.82. The standard InChI is InChI=1S/C13H10ClN3O2S/c14-9-4-3-5-10(8-9)20(18,19)17-13-11-6-1-2-7-12(11)15-16-13/h1-8H,(H2,15,16,17). The molecule has 20 heavy (non-hydrogen) atoms. The summed E-state index contributed by atoms with van der Waals surface area (Å²) in [7, 11) is -3.71. The number of nitrogens with one attached hydrogen (secondary N) is 2. The summed E-state index contributed by atoms with van der Waals surface area (Å²) in [5.74, 6) is 0.264. The number of aromatic nitrogens is 2. The molecule has 0 aliphatic carbocycles. The van der Waals surface area contributed by atoms with E-state index in [2.05, 4.69) is 14.9 Å². The molecule has 5 nitrogen and oxygen atoms in total. The van der Waals surface area contributed by atoms with Crippen LogP contribution in [-0.4, -0.2) is 18.6 Å². The van der Waals surface area contributed by atoms with Gasteiger partial charge in [-0.1, -0.05) is 29.8 Å². The van der Waals surface area contributed by atoms with Crippen molar-refractivity contribution in [3.8, 4) is 0 Å². The SMILES string of the molecule is O=S(=O)(Nc1n[nH]c2ccccc12)c1cccc(Cl)c1. The second-order valence-electron chi connectivity index (χ2n) is 4.18.